The first kappa shape index (κ1) is 21.2. The zero-order chi connectivity index (χ0) is 20.8. The van der Waals surface area contributed by atoms with Gasteiger partial charge in [-0.2, -0.15) is 4.98 Å². The fourth-order valence-corrected chi connectivity index (χ4v) is 4.28. The molecular formula is C23H28N2O3S. The summed E-state index contributed by atoms with van der Waals surface area (Å²) in [7, 11) is 1.99. The Labute approximate surface area is 176 Å². The van der Waals surface area contributed by atoms with Crippen LogP contribution in [0.1, 0.15) is 31.4 Å². The van der Waals surface area contributed by atoms with E-state index in [0.29, 0.717) is 17.7 Å². The van der Waals surface area contributed by atoms with Crippen LogP contribution in [0.3, 0.4) is 0 Å². The van der Waals surface area contributed by atoms with E-state index in [0.717, 1.165) is 36.0 Å². The first-order valence-corrected chi connectivity index (χ1v) is 10.9. The SMILES string of the molecule is CC(C)SC(Cc1ccc(CCCN(C)c2nc3ccccc3o2)cc1)C(=O)O. The van der Waals surface area contributed by atoms with Crippen molar-refractivity contribution in [1.29, 1.82) is 0 Å². The van der Waals surface area contributed by atoms with Crippen LogP contribution in [-0.2, 0) is 17.6 Å². The molecule has 154 valence electrons. The molecule has 0 aliphatic carbocycles. The maximum atomic E-state index is 11.4. The van der Waals surface area contributed by atoms with Gasteiger partial charge in [-0.15, -0.1) is 11.8 Å². The number of thioether (sulfide) groups is 1. The Bertz CT molecular complexity index is 904. The molecule has 6 heteroatoms. The van der Waals surface area contributed by atoms with E-state index in [1.54, 1.807) is 0 Å². The first-order chi connectivity index (χ1) is 13.9. The number of carboxylic acids is 1. The summed E-state index contributed by atoms with van der Waals surface area (Å²) >= 11 is 1.50. The minimum absolute atomic E-state index is 0.300. The molecule has 29 heavy (non-hydrogen) atoms. The van der Waals surface area contributed by atoms with Crippen LogP contribution in [0, 0.1) is 0 Å². The Kier molecular flexibility index (Phi) is 7.20. The predicted molar refractivity (Wildman–Crippen MR) is 120 cm³/mol. The van der Waals surface area contributed by atoms with Crippen molar-refractivity contribution in [2.45, 2.75) is 43.6 Å². The van der Waals surface area contributed by atoms with E-state index in [-0.39, 0.29) is 0 Å². The van der Waals surface area contributed by atoms with Gasteiger partial charge in [-0.1, -0.05) is 50.2 Å². The highest BCUT2D eigenvalue weighted by Gasteiger charge is 2.20. The highest BCUT2D eigenvalue weighted by Crippen LogP contribution is 2.23. The summed E-state index contributed by atoms with van der Waals surface area (Å²) < 4.78 is 5.80. The predicted octanol–water partition coefficient (Wildman–Crippen LogP) is 5.03. The van der Waals surface area contributed by atoms with Crippen molar-refractivity contribution in [3.8, 4) is 0 Å². The lowest BCUT2D eigenvalue weighted by Gasteiger charge is -2.15. The number of hydrogen-bond acceptors (Lipinski definition) is 5. The Balaban J connectivity index is 1.50. The van der Waals surface area contributed by atoms with Crippen LogP contribution in [0.4, 0.5) is 6.01 Å². The van der Waals surface area contributed by atoms with Crippen molar-refractivity contribution >= 4 is 34.8 Å². The maximum absolute atomic E-state index is 11.4. The van der Waals surface area contributed by atoms with E-state index in [1.165, 1.54) is 17.3 Å². The average molecular weight is 413 g/mol. The van der Waals surface area contributed by atoms with Crippen LogP contribution in [0.2, 0.25) is 0 Å². The topological polar surface area (TPSA) is 66.6 Å². The van der Waals surface area contributed by atoms with Gasteiger partial charge in [-0.05, 0) is 47.8 Å². The largest absolute Gasteiger partial charge is 0.480 e. The van der Waals surface area contributed by atoms with Gasteiger partial charge in [0.2, 0.25) is 0 Å². The third-order valence-corrected chi connectivity index (χ3v) is 5.97. The molecule has 0 saturated heterocycles. The number of aromatic nitrogens is 1. The Morgan fingerprint density at radius 1 is 1.14 bits per heavy atom. The number of hydrogen-bond donors (Lipinski definition) is 1. The van der Waals surface area contributed by atoms with E-state index in [4.69, 9.17) is 4.42 Å². The Morgan fingerprint density at radius 3 is 2.48 bits per heavy atom. The lowest BCUT2D eigenvalue weighted by molar-refractivity contribution is -0.136. The molecule has 0 amide bonds. The number of para-hydroxylation sites is 2. The molecule has 5 nitrogen and oxygen atoms in total. The van der Waals surface area contributed by atoms with E-state index >= 15 is 0 Å². The maximum Gasteiger partial charge on any atom is 0.316 e. The van der Waals surface area contributed by atoms with Crippen molar-refractivity contribution in [3.63, 3.8) is 0 Å². The van der Waals surface area contributed by atoms with Gasteiger partial charge in [0, 0.05) is 13.6 Å². The number of carbonyl (C=O) groups is 1. The van der Waals surface area contributed by atoms with Gasteiger partial charge < -0.3 is 14.4 Å². The molecule has 3 aromatic rings. The molecule has 0 radical (unpaired) electrons. The second-order valence-corrected chi connectivity index (χ2v) is 9.31. The van der Waals surface area contributed by atoms with Gasteiger partial charge in [0.1, 0.15) is 10.8 Å². The summed E-state index contributed by atoms with van der Waals surface area (Å²) in [6, 6.07) is 16.7. The monoisotopic (exact) mass is 412 g/mol. The van der Waals surface area contributed by atoms with Crippen LogP contribution in [0.5, 0.6) is 0 Å². The van der Waals surface area contributed by atoms with Gasteiger partial charge in [-0.25, -0.2) is 0 Å². The third kappa shape index (κ3) is 6.00. The molecule has 1 unspecified atom stereocenters. The normalized spacial score (nSPS) is 12.4. The minimum Gasteiger partial charge on any atom is -0.480 e. The zero-order valence-corrected chi connectivity index (χ0v) is 18.0. The molecule has 1 atom stereocenters. The number of oxazole rings is 1. The van der Waals surface area contributed by atoms with Crippen LogP contribution in [-0.4, -0.2) is 40.2 Å². The van der Waals surface area contributed by atoms with Crippen molar-refractivity contribution < 1.29 is 14.3 Å². The van der Waals surface area contributed by atoms with Gasteiger partial charge in [0.15, 0.2) is 5.58 Å². The molecule has 1 aromatic heterocycles. The lowest BCUT2D eigenvalue weighted by atomic mass is 10.0. The van der Waals surface area contributed by atoms with Crippen LogP contribution in [0.25, 0.3) is 11.1 Å². The molecule has 0 spiro atoms. The summed E-state index contributed by atoms with van der Waals surface area (Å²) in [6.07, 6.45) is 2.49. The van der Waals surface area contributed by atoms with Gasteiger partial charge in [0.05, 0.1) is 0 Å². The number of anilines is 1. The number of benzene rings is 2. The first-order valence-electron chi connectivity index (χ1n) is 9.95. The summed E-state index contributed by atoms with van der Waals surface area (Å²) in [5.74, 6) is -0.741. The third-order valence-electron chi connectivity index (χ3n) is 4.72. The van der Waals surface area contributed by atoms with Crippen LogP contribution < -0.4 is 4.90 Å². The van der Waals surface area contributed by atoms with Gasteiger partial charge in [-0.3, -0.25) is 4.79 Å². The minimum atomic E-state index is -0.741. The van der Waals surface area contributed by atoms with E-state index in [1.807, 2.05) is 50.1 Å². The number of carboxylic acid groups (broad SMARTS) is 1. The van der Waals surface area contributed by atoms with Crippen molar-refractivity contribution in [2.75, 3.05) is 18.5 Å². The van der Waals surface area contributed by atoms with Crippen LogP contribution >= 0.6 is 11.8 Å². The molecule has 0 aliphatic rings. The molecule has 2 aromatic carbocycles. The number of aryl methyl sites for hydroxylation is 1. The van der Waals surface area contributed by atoms with Crippen LogP contribution in [0.15, 0.2) is 52.9 Å². The van der Waals surface area contributed by atoms with Crippen molar-refractivity contribution in [2.24, 2.45) is 0 Å². The molecule has 3 rings (SSSR count). The summed E-state index contributed by atoms with van der Waals surface area (Å²) in [5.41, 5.74) is 4.00. The fourth-order valence-electron chi connectivity index (χ4n) is 3.22. The quantitative estimate of drug-likeness (QED) is 0.503. The zero-order valence-electron chi connectivity index (χ0n) is 17.2. The number of aliphatic carboxylic acids is 1. The van der Waals surface area contributed by atoms with E-state index in [2.05, 4.69) is 29.2 Å². The van der Waals surface area contributed by atoms with Crippen molar-refractivity contribution in [3.05, 3.63) is 59.7 Å². The lowest BCUT2D eigenvalue weighted by Crippen LogP contribution is -2.21. The molecule has 0 saturated carbocycles. The highest BCUT2D eigenvalue weighted by atomic mass is 32.2. The molecule has 1 heterocycles. The fraction of sp³-hybridized carbons (Fsp3) is 0.391. The Morgan fingerprint density at radius 2 is 1.83 bits per heavy atom. The molecule has 1 N–H and O–H groups in total. The Hall–Kier alpha value is -2.47. The smallest absolute Gasteiger partial charge is 0.316 e. The second kappa shape index (κ2) is 9.83. The summed E-state index contributed by atoms with van der Waals surface area (Å²) in [6.45, 7) is 4.91. The van der Waals surface area contributed by atoms with E-state index < -0.39 is 11.2 Å². The number of rotatable bonds is 10. The highest BCUT2D eigenvalue weighted by molar-refractivity contribution is 8.01. The summed E-state index contributed by atoms with van der Waals surface area (Å²) in [4.78, 5) is 18.0. The number of fused-ring (bicyclic) bond motifs is 1. The van der Waals surface area contributed by atoms with Gasteiger partial charge >= 0.3 is 5.97 Å². The molecular weight excluding hydrogens is 384 g/mol. The standard InChI is InChI=1S/C23H28N2O3S/c1-16(2)29-21(22(26)27)15-18-12-10-17(11-13-18)7-6-14-25(3)23-24-19-8-4-5-9-20(19)28-23/h4-5,8-13,16,21H,6-7,14-15H2,1-3H3,(H,26,27). The van der Waals surface area contributed by atoms with Gasteiger partial charge in [0.25, 0.3) is 6.01 Å². The molecule has 0 fully saturated rings. The summed E-state index contributed by atoms with van der Waals surface area (Å²) in [5, 5.41) is 9.31. The molecule has 0 aliphatic heterocycles. The second-order valence-electron chi connectivity index (χ2n) is 7.52. The number of nitrogens with zero attached hydrogens (tertiary/aromatic N) is 2. The average Bonchev–Trinajstić information content (AvgIpc) is 3.12. The van der Waals surface area contributed by atoms with E-state index in [9.17, 15) is 9.90 Å². The van der Waals surface area contributed by atoms with Crippen molar-refractivity contribution in [1.82, 2.24) is 4.98 Å². The molecule has 0 bridgehead atoms.